The number of amides is 2. The predicted molar refractivity (Wildman–Crippen MR) is 63.7 cm³/mol. The Labute approximate surface area is 101 Å². The number of aliphatic hydroxyl groups excluding tert-OH is 1. The summed E-state index contributed by atoms with van der Waals surface area (Å²) in [5, 5.41) is 14.6. The number of hydrogen-bond acceptors (Lipinski definition) is 3. The molecule has 0 aliphatic carbocycles. The minimum Gasteiger partial charge on any atom is -0.389 e. The monoisotopic (exact) mass is 241 g/mol. The molecule has 0 aliphatic heterocycles. The van der Waals surface area contributed by atoms with Gasteiger partial charge >= 0.3 is 6.03 Å². The summed E-state index contributed by atoms with van der Waals surface area (Å²) in [6, 6.07) is 3.58. The number of nitrogens with one attached hydrogen (secondary N) is 2. The second-order valence-corrected chi connectivity index (χ2v) is 3.67. The van der Waals surface area contributed by atoms with Crippen LogP contribution in [-0.2, 0) is 11.3 Å². The molecule has 17 heavy (non-hydrogen) atoms. The maximum Gasteiger partial charge on any atom is 0.314 e. The van der Waals surface area contributed by atoms with Gasteiger partial charge in [-0.3, -0.25) is 0 Å². The molecule has 0 saturated heterocycles. The summed E-state index contributed by atoms with van der Waals surface area (Å²) in [4.78, 5) is 11.3. The van der Waals surface area contributed by atoms with E-state index >= 15 is 0 Å². The van der Waals surface area contributed by atoms with E-state index in [1.807, 2.05) is 29.1 Å². The van der Waals surface area contributed by atoms with Crippen LogP contribution in [0.15, 0.2) is 24.5 Å². The standard InChI is InChI=1S/C11H19N3O3/c1-17-9-10(15)8-13-11(16)12-4-7-14-5-2-3-6-14/h2-3,5-6,10,15H,4,7-9H2,1H3,(H2,12,13,16). The minimum atomic E-state index is -0.671. The van der Waals surface area contributed by atoms with E-state index in [2.05, 4.69) is 10.6 Å². The molecule has 6 nitrogen and oxygen atoms in total. The third kappa shape index (κ3) is 5.94. The fourth-order valence-electron chi connectivity index (χ4n) is 1.34. The molecule has 0 aliphatic rings. The molecule has 2 amide bonds. The van der Waals surface area contributed by atoms with Gasteiger partial charge in [0.25, 0.3) is 0 Å². The van der Waals surface area contributed by atoms with Crippen LogP contribution in [-0.4, -0.2) is 48.6 Å². The fraction of sp³-hybridized carbons (Fsp3) is 0.545. The van der Waals surface area contributed by atoms with E-state index in [9.17, 15) is 9.90 Å². The van der Waals surface area contributed by atoms with Gasteiger partial charge in [0.1, 0.15) is 0 Å². The van der Waals surface area contributed by atoms with Crippen LogP contribution in [0.5, 0.6) is 0 Å². The number of rotatable bonds is 7. The molecular formula is C11H19N3O3. The van der Waals surface area contributed by atoms with Crippen LogP contribution in [0.3, 0.4) is 0 Å². The first kappa shape index (κ1) is 13.5. The quantitative estimate of drug-likeness (QED) is 0.618. The number of urea groups is 1. The van der Waals surface area contributed by atoms with Crippen molar-refractivity contribution in [2.75, 3.05) is 26.8 Å². The summed E-state index contributed by atoms with van der Waals surface area (Å²) in [6.07, 6.45) is 3.19. The number of nitrogens with zero attached hydrogens (tertiary/aromatic N) is 1. The van der Waals surface area contributed by atoms with E-state index < -0.39 is 6.10 Å². The lowest BCUT2D eigenvalue weighted by atomic mass is 10.4. The van der Waals surface area contributed by atoms with Crippen molar-refractivity contribution in [2.45, 2.75) is 12.6 Å². The lowest BCUT2D eigenvalue weighted by Gasteiger charge is -2.11. The second kappa shape index (κ2) is 7.70. The normalized spacial score (nSPS) is 12.1. The molecule has 0 spiro atoms. The summed E-state index contributed by atoms with van der Waals surface area (Å²) >= 11 is 0. The molecule has 1 heterocycles. The average Bonchev–Trinajstić information content (AvgIpc) is 2.80. The number of aromatic nitrogens is 1. The lowest BCUT2D eigenvalue weighted by molar-refractivity contribution is 0.0660. The first-order chi connectivity index (χ1) is 8.22. The van der Waals surface area contributed by atoms with Crippen molar-refractivity contribution >= 4 is 6.03 Å². The number of aliphatic hydroxyl groups is 1. The van der Waals surface area contributed by atoms with Crippen LogP contribution >= 0.6 is 0 Å². The van der Waals surface area contributed by atoms with E-state index in [1.54, 1.807) is 0 Å². The SMILES string of the molecule is COCC(O)CNC(=O)NCCn1cccc1. The number of hydrogen-bond donors (Lipinski definition) is 3. The third-order valence-electron chi connectivity index (χ3n) is 2.18. The Bertz CT molecular complexity index is 314. The number of methoxy groups -OCH3 is 1. The van der Waals surface area contributed by atoms with Crippen LogP contribution in [0, 0.1) is 0 Å². The number of carbonyl (C=O) groups excluding carboxylic acids is 1. The van der Waals surface area contributed by atoms with Crippen molar-refractivity contribution < 1.29 is 14.6 Å². The highest BCUT2D eigenvalue weighted by Crippen LogP contribution is 1.88. The molecule has 1 aromatic rings. The molecule has 0 aromatic carbocycles. The maximum absolute atomic E-state index is 11.3. The highest BCUT2D eigenvalue weighted by atomic mass is 16.5. The van der Waals surface area contributed by atoms with Gasteiger partial charge in [0.15, 0.2) is 0 Å². The maximum atomic E-state index is 11.3. The minimum absolute atomic E-state index is 0.184. The topological polar surface area (TPSA) is 75.5 Å². The molecule has 1 rings (SSSR count). The Morgan fingerprint density at radius 1 is 1.41 bits per heavy atom. The van der Waals surface area contributed by atoms with Crippen LogP contribution in [0.2, 0.25) is 0 Å². The molecule has 0 saturated carbocycles. The van der Waals surface area contributed by atoms with Crippen molar-refractivity contribution in [3.63, 3.8) is 0 Å². The van der Waals surface area contributed by atoms with Gasteiger partial charge < -0.3 is 25.0 Å². The first-order valence-electron chi connectivity index (χ1n) is 5.52. The van der Waals surface area contributed by atoms with Crippen LogP contribution in [0.4, 0.5) is 4.79 Å². The Kier molecular flexibility index (Phi) is 6.13. The molecule has 96 valence electrons. The first-order valence-corrected chi connectivity index (χ1v) is 5.52. The lowest BCUT2D eigenvalue weighted by Crippen LogP contribution is -2.41. The number of carbonyl (C=O) groups is 1. The van der Waals surface area contributed by atoms with Gasteiger partial charge in [0.2, 0.25) is 0 Å². The van der Waals surface area contributed by atoms with Crippen LogP contribution in [0.25, 0.3) is 0 Å². The largest absolute Gasteiger partial charge is 0.389 e. The Morgan fingerprint density at radius 3 is 2.76 bits per heavy atom. The van der Waals surface area contributed by atoms with Gasteiger partial charge in [0.05, 0.1) is 12.7 Å². The van der Waals surface area contributed by atoms with E-state index in [0.29, 0.717) is 6.54 Å². The van der Waals surface area contributed by atoms with Crippen molar-refractivity contribution in [3.8, 4) is 0 Å². The van der Waals surface area contributed by atoms with E-state index in [0.717, 1.165) is 6.54 Å². The molecule has 1 atom stereocenters. The summed E-state index contributed by atoms with van der Waals surface area (Å²) in [6.45, 7) is 1.66. The van der Waals surface area contributed by atoms with Crippen LogP contribution in [0.1, 0.15) is 0 Å². The van der Waals surface area contributed by atoms with Gasteiger partial charge in [-0.05, 0) is 12.1 Å². The fourth-order valence-corrected chi connectivity index (χ4v) is 1.34. The summed E-state index contributed by atoms with van der Waals surface area (Å²) in [5.41, 5.74) is 0. The molecule has 1 aromatic heterocycles. The van der Waals surface area contributed by atoms with Gasteiger partial charge in [-0.25, -0.2) is 4.79 Å². The smallest absolute Gasteiger partial charge is 0.314 e. The van der Waals surface area contributed by atoms with E-state index in [4.69, 9.17) is 4.74 Å². The van der Waals surface area contributed by atoms with Gasteiger partial charge in [-0.2, -0.15) is 0 Å². The average molecular weight is 241 g/mol. The molecule has 0 radical (unpaired) electrons. The zero-order valence-electron chi connectivity index (χ0n) is 9.93. The second-order valence-electron chi connectivity index (χ2n) is 3.67. The van der Waals surface area contributed by atoms with Gasteiger partial charge in [-0.15, -0.1) is 0 Å². The molecule has 3 N–H and O–H groups in total. The Balaban J connectivity index is 2.05. The van der Waals surface area contributed by atoms with Crippen molar-refractivity contribution in [1.29, 1.82) is 0 Å². The van der Waals surface area contributed by atoms with Gasteiger partial charge in [-0.1, -0.05) is 0 Å². The molecule has 0 fully saturated rings. The zero-order chi connectivity index (χ0) is 12.5. The molecule has 0 bridgehead atoms. The highest BCUT2D eigenvalue weighted by Gasteiger charge is 2.05. The zero-order valence-corrected chi connectivity index (χ0v) is 9.93. The Hall–Kier alpha value is -1.53. The highest BCUT2D eigenvalue weighted by molar-refractivity contribution is 5.73. The van der Waals surface area contributed by atoms with E-state index in [1.165, 1.54) is 7.11 Å². The third-order valence-corrected chi connectivity index (χ3v) is 2.18. The predicted octanol–water partition coefficient (Wildman–Crippen LogP) is -0.205. The van der Waals surface area contributed by atoms with Crippen molar-refractivity contribution in [2.24, 2.45) is 0 Å². The van der Waals surface area contributed by atoms with Crippen molar-refractivity contribution in [3.05, 3.63) is 24.5 Å². The molecule has 1 unspecified atom stereocenters. The molecule has 6 heteroatoms. The number of ether oxygens (including phenoxy) is 1. The summed E-state index contributed by atoms with van der Waals surface area (Å²) < 4.78 is 6.71. The summed E-state index contributed by atoms with van der Waals surface area (Å²) in [7, 11) is 1.50. The van der Waals surface area contributed by atoms with Crippen molar-refractivity contribution in [1.82, 2.24) is 15.2 Å². The summed E-state index contributed by atoms with van der Waals surface area (Å²) in [5.74, 6) is 0. The molecular weight excluding hydrogens is 222 g/mol. The van der Waals surface area contributed by atoms with E-state index in [-0.39, 0.29) is 19.2 Å². The van der Waals surface area contributed by atoms with Gasteiger partial charge in [0, 0.05) is 39.1 Å². The Morgan fingerprint density at radius 2 is 2.12 bits per heavy atom. The van der Waals surface area contributed by atoms with Crippen LogP contribution < -0.4 is 10.6 Å².